The summed E-state index contributed by atoms with van der Waals surface area (Å²) >= 11 is 0. The second-order valence-corrected chi connectivity index (χ2v) is 7.27. The highest BCUT2D eigenvalue weighted by molar-refractivity contribution is 6.03. The van der Waals surface area contributed by atoms with Gasteiger partial charge >= 0.3 is 11.7 Å². The highest BCUT2D eigenvalue weighted by Crippen LogP contribution is 2.44. The van der Waals surface area contributed by atoms with Crippen LogP contribution in [-0.2, 0) is 0 Å². The van der Waals surface area contributed by atoms with Crippen LogP contribution in [0.4, 0.5) is 14.9 Å². The predicted molar refractivity (Wildman–Crippen MR) is 120 cm³/mol. The number of nitro groups is 1. The van der Waals surface area contributed by atoms with Gasteiger partial charge < -0.3 is 20.5 Å². The van der Waals surface area contributed by atoms with Crippen LogP contribution in [0.3, 0.4) is 0 Å². The Morgan fingerprint density at radius 1 is 1.09 bits per heavy atom. The predicted octanol–water partition coefficient (Wildman–Crippen LogP) is 4.76. The van der Waals surface area contributed by atoms with Crippen molar-refractivity contribution in [3.8, 4) is 11.5 Å². The lowest BCUT2D eigenvalue weighted by atomic mass is 9.87. The van der Waals surface area contributed by atoms with Gasteiger partial charge in [0.1, 0.15) is 5.82 Å². The second kappa shape index (κ2) is 8.99. The summed E-state index contributed by atoms with van der Waals surface area (Å²) in [7, 11) is 0. The smallest absolute Gasteiger partial charge is 0.320 e. The molecule has 0 aliphatic carbocycles. The zero-order chi connectivity index (χ0) is 23.5. The first-order chi connectivity index (χ1) is 15.9. The Hall–Kier alpha value is -4.40. The number of nitro benzene ring substituents is 1. The van der Waals surface area contributed by atoms with Gasteiger partial charge in [-0.15, -0.1) is 0 Å². The molecule has 1 atom stereocenters. The number of carbonyl (C=O) groups excluding carboxylic acids is 1. The van der Waals surface area contributed by atoms with E-state index in [1.165, 1.54) is 24.3 Å². The van der Waals surface area contributed by atoms with Gasteiger partial charge in [0.05, 0.1) is 23.3 Å². The first-order valence-corrected chi connectivity index (χ1v) is 10.2. The largest absolute Gasteiger partial charge is 0.500 e. The van der Waals surface area contributed by atoms with Crippen LogP contribution in [0.25, 0.3) is 11.3 Å². The number of benzene rings is 3. The summed E-state index contributed by atoms with van der Waals surface area (Å²) in [5.74, 6) is -1.17. The topological polar surface area (TPSA) is 114 Å². The molecule has 168 valence electrons. The summed E-state index contributed by atoms with van der Waals surface area (Å²) in [6, 6.07) is 16.0. The van der Waals surface area contributed by atoms with Gasteiger partial charge in [0, 0.05) is 11.6 Å². The maximum absolute atomic E-state index is 14.2. The molecule has 0 aromatic heterocycles. The quantitative estimate of drug-likeness (QED) is 0.371. The minimum atomic E-state index is -0.894. The van der Waals surface area contributed by atoms with E-state index in [1.54, 1.807) is 43.3 Å². The van der Waals surface area contributed by atoms with Gasteiger partial charge in [-0.25, -0.2) is 9.18 Å². The van der Waals surface area contributed by atoms with E-state index in [1.807, 2.05) is 6.07 Å². The Bertz CT molecular complexity index is 1260. The number of hydrogen-bond acceptors (Lipinski definition) is 5. The van der Waals surface area contributed by atoms with Crippen LogP contribution >= 0.6 is 0 Å². The molecule has 0 spiro atoms. The van der Waals surface area contributed by atoms with Crippen LogP contribution in [0.15, 0.2) is 66.7 Å². The molecule has 0 bridgehead atoms. The molecule has 0 radical (unpaired) electrons. The van der Waals surface area contributed by atoms with Crippen molar-refractivity contribution in [2.24, 2.45) is 0 Å². The van der Waals surface area contributed by atoms with Crippen LogP contribution in [0.2, 0.25) is 0 Å². The van der Waals surface area contributed by atoms with Gasteiger partial charge in [-0.2, -0.15) is 0 Å². The number of ether oxygens (including phenoxy) is 1. The number of nitrogens with one attached hydrogen (secondary N) is 2. The van der Waals surface area contributed by atoms with Crippen molar-refractivity contribution in [2.75, 3.05) is 6.61 Å². The molecular formula is C24H20FN3O5. The number of phenolic OH excluding ortho intramolecular Hbond substituents is 1. The molecule has 4 rings (SSSR count). The molecule has 3 aromatic rings. The van der Waals surface area contributed by atoms with E-state index >= 15 is 0 Å². The Morgan fingerprint density at radius 3 is 2.48 bits per heavy atom. The molecule has 0 saturated heterocycles. The Balaban J connectivity index is 2.00. The van der Waals surface area contributed by atoms with E-state index in [9.17, 15) is 24.4 Å². The second-order valence-electron chi connectivity index (χ2n) is 7.27. The van der Waals surface area contributed by atoms with Gasteiger partial charge in [-0.05, 0) is 41.8 Å². The number of hydrogen-bond donors (Lipinski definition) is 3. The van der Waals surface area contributed by atoms with Crippen LogP contribution in [0.1, 0.15) is 29.7 Å². The summed E-state index contributed by atoms with van der Waals surface area (Å²) in [6.07, 6.45) is 0. The minimum Gasteiger partial charge on any atom is -0.500 e. The summed E-state index contributed by atoms with van der Waals surface area (Å²) in [4.78, 5) is 23.5. The monoisotopic (exact) mass is 449 g/mol. The number of aromatic hydroxyl groups is 1. The van der Waals surface area contributed by atoms with Gasteiger partial charge in [0.25, 0.3) is 0 Å². The molecule has 3 N–H and O–H groups in total. The molecule has 3 aromatic carbocycles. The number of phenols is 1. The fraction of sp³-hybridized carbons (Fsp3) is 0.125. The number of amides is 2. The van der Waals surface area contributed by atoms with Crippen LogP contribution in [0.5, 0.6) is 11.5 Å². The van der Waals surface area contributed by atoms with Gasteiger partial charge in [0.2, 0.25) is 5.75 Å². The van der Waals surface area contributed by atoms with Gasteiger partial charge in [-0.1, -0.05) is 42.5 Å². The normalized spacial score (nSPS) is 15.6. The summed E-state index contributed by atoms with van der Waals surface area (Å²) in [5.41, 5.74) is 1.82. The fourth-order valence-electron chi connectivity index (χ4n) is 3.80. The molecule has 0 fully saturated rings. The zero-order valence-corrected chi connectivity index (χ0v) is 17.5. The van der Waals surface area contributed by atoms with Crippen molar-refractivity contribution < 1.29 is 24.0 Å². The average Bonchev–Trinajstić information content (AvgIpc) is 2.80. The molecule has 33 heavy (non-hydrogen) atoms. The highest BCUT2D eigenvalue weighted by atomic mass is 19.1. The number of nitrogens with zero attached hydrogens (tertiary/aromatic N) is 1. The Labute approximate surface area is 188 Å². The van der Waals surface area contributed by atoms with Crippen molar-refractivity contribution in [1.82, 2.24) is 10.6 Å². The van der Waals surface area contributed by atoms with Crippen molar-refractivity contribution >= 4 is 23.0 Å². The molecular weight excluding hydrogens is 429 g/mol. The van der Waals surface area contributed by atoms with E-state index in [0.717, 1.165) is 0 Å². The summed E-state index contributed by atoms with van der Waals surface area (Å²) in [6.45, 7) is 1.84. The van der Waals surface area contributed by atoms with Crippen molar-refractivity contribution in [2.45, 2.75) is 13.0 Å². The van der Waals surface area contributed by atoms with Gasteiger partial charge in [-0.3, -0.25) is 10.1 Å². The first kappa shape index (κ1) is 21.8. The van der Waals surface area contributed by atoms with E-state index in [2.05, 4.69) is 10.6 Å². The highest BCUT2D eigenvalue weighted by Gasteiger charge is 2.33. The molecule has 1 heterocycles. The third-order valence-electron chi connectivity index (χ3n) is 5.18. The third kappa shape index (κ3) is 4.33. The van der Waals surface area contributed by atoms with Crippen molar-refractivity contribution in [3.05, 3.63) is 99.4 Å². The Morgan fingerprint density at radius 2 is 1.82 bits per heavy atom. The molecule has 1 aliphatic rings. The summed E-state index contributed by atoms with van der Waals surface area (Å²) < 4.78 is 19.6. The van der Waals surface area contributed by atoms with E-state index < -0.39 is 34.3 Å². The number of halogens is 1. The average molecular weight is 449 g/mol. The zero-order valence-electron chi connectivity index (χ0n) is 17.5. The fourth-order valence-corrected chi connectivity index (χ4v) is 3.80. The van der Waals surface area contributed by atoms with E-state index in [-0.39, 0.29) is 12.4 Å². The lowest BCUT2D eigenvalue weighted by Crippen LogP contribution is -2.43. The standard InChI is InChI=1S/C24H20FN3O5/c1-2-33-19-13-16(12-18(23(19)29)28(31)32)22-20(15-9-6-10-17(25)11-15)21(26-24(30)27-22)14-7-4-3-5-8-14/h3-13,22,29H,2H2,1H3,(H2,26,27,30). The molecule has 1 aliphatic heterocycles. The van der Waals surface area contributed by atoms with Crippen LogP contribution in [0, 0.1) is 15.9 Å². The van der Waals surface area contributed by atoms with Crippen LogP contribution < -0.4 is 15.4 Å². The van der Waals surface area contributed by atoms with Crippen molar-refractivity contribution in [3.63, 3.8) is 0 Å². The number of carbonyl (C=O) groups is 1. The number of rotatable bonds is 6. The van der Waals surface area contributed by atoms with Crippen LogP contribution in [-0.4, -0.2) is 22.7 Å². The molecule has 8 nitrogen and oxygen atoms in total. The molecule has 9 heteroatoms. The first-order valence-electron chi connectivity index (χ1n) is 10.2. The summed E-state index contributed by atoms with van der Waals surface area (Å²) in [5, 5.41) is 27.4. The number of urea groups is 1. The lowest BCUT2D eigenvalue weighted by Gasteiger charge is -2.31. The van der Waals surface area contributed by atoms with E-state index in [4.69, 9.17) is 4.74 Å². The maximum atomic E-state index is 14.2. The Kier molecular flexibility index (Phi) is 5.95. The lowest BCUT2D eigenvalue weighted by molar-refractivity contribution is -0.386. The minimum absolute atomic E-state index is 0.0886. The maximum Gasteiger partial charge on any atom is 0.320 e. The van der Waals surface area contributed by atoms with Gasteiger partial charge in [0.15, 0.2) is 5.75 Å². The van der Waals surface area contributed by atoms with E-state index in [0.29, 0.717) is 28.0 Å². The molecule has 0 saturated carbocycles. The van der Waals surface area contributed by atoms with Crippen molar-refractivity contribution in [1.29, 1.82) is 0 Å². The SMILES string of the molecule is CCOc1cc(C2NC(=O)NC(c3ccccc3)=C2c2cccc(F)c2)cc([N+](=O)[O-])c1O. The molecule has 2 amide bonds. The molecule has 1 unspecified atom stereocenters. The third-order valence-corrected chi connectivity index (χ3v) is 5.18.